The number of carboxylic acids is 2. The summed E-state index contributed by atoms with van der Waals surface area (Å²) >= 11 is 0. The van der Waals surface area contributed by atoms with E-state index in [1.54, 1.807) is 0 Å². The van der Waals surface area contributed by atoms with Crippen LogP contribution in [0.3, 0.4) is 0 Å². The van der Waals surface area contributed by atoms with E-state index < -0.39 is 11.9 Å². The van der Waals surface area contributed by atoms with Crippen molar-refractivity contribution in [1.82, 2.24) is 0 Å². The zero-order valence-electron chi connectivity index (χ0n) is 31.5. The van der Waals surface area contributed by atoms with Crippen molar-refractivity contribution < 1.29 is 19.8 Å². The molecule has 6 nitrogen and oxygen atoms in total. The summed E-state index contributed by atoms with van der Waals surface area (Å²) in [5.41, 5.74) is 15.8. The maximum absolute atomic E-state index is 11.1. The third-order valence-corrected chi connectivity index (χ3v) is 10.2. The van der Waals surface area contributed by atoms with Gasteiger partial charge >= 0.3 is 11.9 Å². The molecule has 0 heterocycles. The largest absolute Gasteiger partial charge is 0.481 e. The minimum Gasteiger partial charge on any atom is -0.481 e. The molecule has 0 radical (unpaired) electrons. The molecule has 6 heteroatoms. The van der Waals surface area contributed by atoms with Crippen LogP contribution in [0, 0.1) is 27.7 Å². The van der Waals surface area contributed by atoms with Gasteiger partial charge in [0, 0.05) is 47.0 Å². The highest BCUT2D eigenvalue weighted by Gasteiger charge is 2.16. The van der Waals surface area contributed by atoms with Crippen LogP contribution in [-0.2, 0) is 35.3 Å². The summed E-state index contributed by atoms with van der Waals surface area (Å²) in [5, 5.41) is 18.2. The molecule has 0 atom stereocenters. The number of benzene rings is 6. The number of carboxylic acid groups (broad SMARTS) is 2. The summed E-state index contributed by atoms with van der Waals surface area (Å²) in [5.74, 6) is -1.58. The molecule has 0 amide bonds. The summed E-state index contributed by atoms with van der Waals surface area (Å²) in [7, 11) is 0. The third kappa shape index (κ3) is 9.44. The number of hydrogen-bond donors (Lipinski definition) is 2. The lowest BCUT2D eigenvalue weighted by atomic mass is 10.0. The molecule has 0 aliphatic carbocycles. The lowest BCUT2D eigenvalue weighted by molar-refractivity contribution is -0.138. The molecule has 0 unspecified atom stereocenters. The van der Waals surface area contributed by atoms with Crippen molar-refractivity contribution in [1.29, 1.82) is 0 Å². The molecule has 54 heavy (non-hydrogen) atoms. The van der Waals surface area contributed by atoms with Gasteiger partial charge in [-0.15, -0.1) is 0 Å². The second-order valence-electron chi connectivity index (χ2n) is 14.2. The van der Waals surface area contributed by atoms with Crippen molar-refractivity contribution in [3.63, 3.8) is 0 Å². The van der Waals surface area contributed by atoms with Crippen LogP contribution >= 0.6 is 0 Å². The Morgan fingerprint density at radius 3 is 0.889 bits per heavy atom. The van der Waals surface area contributed by atoms with Gasteiger partial charge in [-0.2, -0.15) is 0 Å². The molecule has 0 saturated heterocycles. The molecule has 0 bridgehead atoms. The second-order valence-corrected chi connectivity index (χ2v) is 14.2. The first-order chi connectivity index (χ1) is 26.0. The van der Waals surface area contributed by atoms with Crippen LogP contribution in [0.25, 0.3) is 0 Å². The fourth-order valence-corrected chi connectivity index (χ4v) is 6.66. The highest BCUT2D eigenvalue weighted by Crippen LogP contribution is 2.37. The first kappa shape index (κ1) is 37.6. The van der Waals surface area contributed by atoms with Gasteiger partial charge in [0.05, 0.1) is 0 Å². The maximum Gasteiger partial charge on any atom is 0.303 e. The highest BCUT2D eigenvalue weighted by molar-refractivity contribution is 5.78. The number of nitrogens with zero attached hydrogens (tertiary/aromatic N) is 2. The van der Waals surface area contributed by atoms with Gasteiger partial charge in [-0.05, 0) is 171 Å². The molecular weight excluding hydrogens is 669 g/mol. The van der Waals surface area contributed by atoms with Crippen molar-refractivity contribution in [2.24, 2.45) is 0 Å². The van der Waals surface area contributed by atoms with E-state index in [4.69, 9.17) is 10.2 Å². The van der Waals surface area contributed by atoms with Gasteiger partial charge in [-0.3, -0.25) is 9.59 Å². The normalized spacial score (nSPS) is 11.0. The molecule has 274 valence electrons. The molecule has 0 fully saturated rings. The van der Waals surface area contributed by atoms with E-state index in [1.165, 1.54) is 33.4 Å². The summed E-state index contributed by atoms with van der Waals surface area (Å²) in [6.45, 7) is 8.50. The molecule has 0 spiro atoms. The quantitative estimate of drug-likeness (QED) is 0.110. The summed E-state index contributed by atoms with van der Waals surface area (Å²) in [6.07, 6.45) is 3.05. The van der Waals surface area contributed by atoms with Gasteiger partial charge in [0.2, 0.25) is 0 Å². The van der Waals surface area contributed by atoms with Crippen LogP contribution in [-0.4, -0.2) is 22.2 Å². The molecule has 0 aromatic heterocycles. The Kier molecular flexibility index (Phi) is 11.9. The number of rotatable bonds is 15. The number of hydrogen-bond acceptors (Lipinski definition) is 4. The van der Waals surface area contributed by atoms with Gasteiger partial charge in [0.15, 0.2) is 0 Å². The fraction of sp³-hybridized carbons (Fsp3) is 0.208. The number of anilines is 6. The van der Waals surface area contributed by atoms with Gasteiger partial charge in [0.1, 0.15) is 0 Å². The van der Waals surface area contributed by atoms with E-state index in [0.717, 1.165) is 58.1 Å². The molecule has 6 aromatic rings. The minimum atomic E-state index is -0.789. The van der Waals surface area contributed by atoms with Crippen molar-refractivity contribution >= 4 is 46.1 Å². The summed E-state index contributed by atoms with van der Waals surface area (Å²) in [6, 6.07) is 47.0. The van der Waals surface area contributed by atoms with Crippen LogP contribution in [0.15, 0.2) is 133 Å². The predicted octanol–water partition coefficient (Wildman–Crippen LogP) is 11.7. The van der Waals surface area contributed by atoms with Gasteiger partial charge in [-0.1, -0.05) is 60.7 Å². The first-order valence-corrected chi connectivity index (χ1v) is 18.6. The summed E-state index contributed by atoms with van der Waals surface area (Å²) in [4.78, 5) is 26.7. The minimum absolute atomic E-state index is 0.116. The molecule has 6 aromatic carbocycles. The SMILES string of the molecule is Cc1ccc(N(c2ccc(CCC(=O)O)cc2)c2ccc(CCc3ccc(N(c4ccc(CCC(=O)O)cc4)c4ccc(C)c(C)c4)cc3)cc2)cc1C. The molecule has 0 aliphatic heterocycles. The smallest absolute Gasteiger partial charge is 0.303 e. The van der Waals surface area contributed by atoms with E-state index in [-0.39, 0.29) is 12.8 Å². The van der Waals surface area contributed by atoms with Crippen LogP contribution in [0.2, 0.25) is 0 Å². The predicted molar refractivity (Wildman–Crippen MR) is 221 cm³/mol. The Labute approximate surface area is 319 Å². The monoisotopic (exact) mass is 716 g/mol. The van der Waals surface area contributed by atoms with E-state index in [9.17, 15) is 9.59 Å². The fourth-order valence-electron chi connectivity index (χ4n) is 6.66. The number of aliphatic carboxylic acids is 2. The van der Waals surface area contributed by atoms with Crippen LogP contribution in [0.4, 0.5) is 34.1 Å². The van der Waals surface area contributed by atoms with Crippen LogP contribution in [0.5, 0.6) is 0 Å². The summed E-state index contributed by atoms with van der Waals surface area (Å²) < 4.78 is 0. The Hall–Kier alpha value is -6.14. The Morgan fingerprint density at radius 2 is 0.630 bits per heavy atom. The first-order valence-electron chi connectivity index (χ1n) is 18.6. The average Bonchev–Trinajstić information content (AvgIpc) is 3.17. The second kappa shape index (κ2) is 17.1. The zero-order chi connectivity index (χ0) is 38.2. The topological polar surface area (TPSA) is 81.1 Å². The lowest BCUT2D eigenvalue weighted by Gasteiger charge is -2.27. The Bertz CT molecular complexity index is 2050. The van der Waals surface area contributed by atoms with Crippen molar-refractivity contribution in [2.75, 3.05) is 9.80 Å². The van der Waals surface area contributed by atoms with E-state index in [0.29, 0.717) is 12.8 Å². The van der Waals surface area contributed by atoms with Gasteiger partial charge in [-0.25, -0.2) is 0 Å². The van der Waals surface area contributed by atoms with E-state index in [1.807, 2.05) is 24.3 Å². The van der Waals surface area contributed by atoms with E-state index in [2.05, 4.69) is 147 Å². The van der Waals surface area contributed by atoms with Gasteiger partial charge < -0.3 is 20.0 Å². The molecule has 6 rings (SSSR count). The third-order valence-electron chi connectivity index (χ3n) is 10.2. The zero-order valence-corrected chi connectivity index (χ0v) is 31.5. The van der Waals surface area contributed by atoms with Gasteiger partial charge in [0.25, 0.3) is 0 Å². The Morgan fingerprint density at radius 1 is 0.370 bits per heavy atom. The van der Waals surface area contributed by atoms with Crippen molar-refractivity contribution in [3.05, 3.63) is 178 Å². The van der Waals surface area contributed by atoms with Crippen LogP contribution in [0.1, 0.15) is 57.3 Å². The van der Waals surface area contributed by atoms with E-state index >= 15 is 0 Å². The lowest BCUT2D eigenvalue weighted by Crippen LogP contribution is -2.11. The number of aryl methyl sites for hydroxylation is 8. The average molecular weight is 717 g/mol. The maximum atomic E-state index is 11.1. The number of carbonyl (C=O) groups is 2. The highest BCUT2D eigenvalue weighted by atomic mass is 16.4. The molecular formula is C48H48N2O4. The molecule has 2 N–H and O–H groups in total. The molecule has 0 saturated carbocycles. The standard InChI is InChI=1S/C48H48N2O4/c1-33-5-19-45(31-35(33)3)49(43-25-13-39(14-26-43)17-29-47(51)52)41-21-9-37(10-22-41)7-8-38-11-23-42(24-12-38)50(46-20-6-34(2)36(4)32-46)44-27-15-40(16-28-44)18-30-48(53)54/h5-6,9-16,19-28,31-32H,7-8,17-18,29-30H2,1-4H3,(H,51,52)(H,53,54). The van der Waals surface area contributed by atoms with Crippen molar-refractivity contribution in [3.8, 4) is 0 Å². The molecule has 0 aliphatic rings. The van der Waals surface area contributed by atoms with Crippen LogP contribution < -0.4 is 9.80 Å². The van der Waals surface area contributed by atoms with Crippen molar-refractivity contribution in [2.45, 2.75) is 66.2 Å². The Balaban J connectivity index is 1.19.